The quantitative estimate of drug-likeness (QED) is 0.141. The second-order valence-electron chi connectivity index (χ2n) is 14.8. The van der Waals surface area contributed by atoms with E-state index in [1.165, 1.54) is 58.0 Å². The molecule has 6 saturated heterocycles. The van der Waals surface area contributed by atoms with Gasteiger partial charge in [0.2, 0.25) is 0 Å². The van der Waals surface area contributed by atoms with Crippen molar-refractivity contribution in [1.82, 2.24) is 36.0 Å². The van der Waals surface area contributed by atoms with Crippen molar-refractivity contribution in [3.63, 3.8) is 0 Å². The molecule has 6 heterocycles. The van der Waals surface area contributed by atoms with E-state index in [1.54, 1.807) is 0 Å². The highest BCUT2D eigenvalue weighted by atomic mass is 16.3. The summed E-state index contributed by atoms with van der Waals surface area (Å²) < 4.78 is 0. The minimum atomic E-state index is -0.0752. The number of piperazine rings is 1. The molecule has 50 heavy (non-hydrogen) atoms. The molecule has 298 valence electrons. The van der Waals surface area contributed by atoms with Gasteiger partial charge in [-0.15, -0.1) is 0 Å². The van der Waals surface area contributed by atoms with Crippen molar-refractivity contribution in [1.29, 1.82) is 0 Å². The van der Waals surface area contributed by atoms with Crippen molar-refractivity contribution < 1.29 is 25.5 Å². The molecule has 0 spiro atoms. The molecule has 13 heteroatoms. The average molecular weight is 717 g/mol. The Kier molecular flexibility index (Phi) is 28.2. The molecule has 6 aliphatic heterocycles. The molecule has 0 aromatic carbocycles. The second-order valence-corrected chi connectivity index (χ2v) is 14.8. The average Bonchev–Trinajstić information content (AvgIpc) is 3.69. The van der Waals surface area contributed by atoms with Crippen LogP contribution in [0, 0.1) is 11.8 Å². The Balaban J connectivity index is 0.000000231. The van der Waals surface area contributed by atoms with Crippen LogP contribution in [0.25, 0.3) is 0 Å². The summed E-state index contributed by atoms with van der Waals surface area (Å²) in [4.78, 5) is 7.34. The first-order chi connectivity index (χ1) is 24.6. The molecule has 0 bridgehead atoms. The molecule has 3 unspecified atom stereocenters. The third-order valence-electron chi connectivity index (χ3n) is 10.9. The van der Waals surface area contributed by atoms with E-state index < -0.39 is 0 Å². The lowest BCUT2D eigenvalue weighted by molar-refractivity contribution is -0.0305. The maximum atomic E-state index is 9.21. The van der Waals surface area contributed by atoms with Crippen LogP contribution in [0.3, 0.4) is 0 Å². The zero-order valence-corrected chi connectivity index (χ0v) is 31.7. The first kappa shape index (κ1) is 45.6. The highest BCUT2D eigenvalue weighted by molar-refractivity contribution is 4.87. The Morgan fingerprint density at radius 3 is 1.72 bits per heavy atom. The van der Waals surface area contributed by atoms with Gasteiger partial charge in [-0.1, -0.05) is 6.42 Å². The predicted molar refractivity (Wildman–Crippen MR) is 204 cm³/mol. The summed E-state index contributed by atoms with van der Waals surface area (Å²) in [6, 6.07) is 0.509. The van der Waals surface area contributed by atoms with Crippen LogP contribution in [0.1, 0.15) is 83.5 Å². The molecular weight excluding hydrogens is 636 g/mol. The Labute approximate surface area is 305 Å². The number of hydrogen-bond acceptors (Lipinski definition) is 13. The highest BCUT2D eigenvalue weighted by Gasteiger charge is 2.33. The standard InChI is InChI=1S/C13H27N3O2.C7H15NO.C6H14N2.C6H13NO.C5H11NO/c17-9-4-12-3-1-2-6-16(12)13-11-14-5-7-15(13)8-10-18;9-6-3-7-1-4-8-5-2-7;7-3-6-8-4-1-2-5-8;8-5-6-1-3-7-4-2-6;7-5-2-1-3-6-4-5/h12-14,17-18H,1-11H2;7-9H,1-6H2;1-7H2;6-8H,1-5H2;5-7H,1-4H2. The van der Waals surface area contributed by atoms with Crippen LogP contribution in [-0.4, -0.2) is 183 Å². The lowest BCUT2D eigenvalue weighted by Crippen LogP contribution is -2.62. The maximum absolute atomic E-state index is 9.21. The van der Waals surface area contributed by atoms with Crippen molar-refractivity contribution in [2.24, 2.45) is 17.6 Å². The van der Waals surface area contributed by atoms with Gasteiger partial charge in [-0.05, 0) is 141 Å². The number of hydrogen-bond donors (Lipinski definition) is 10. The first-order valence-electron chi connectivity index (χ1n) is 20.4. The van der Waals surface area contributed by atoms with Crippen LogP contribution < -0.4 is 27.0 Å². The fourth-order valence-electron chi connectivity index (χ4n) is 7.76. The first-order valence-corrected chi connectivity index (χ1v) is 20.4. The number of likely N-dealkylation sites (tertiary alicyclic amines) is 2. The van der Waals surface area contributed by atoms with E-state index >= 15 is 0 Å². The van der Waals surface area contributed by atoms with Gasteiger partial charge in [0, 0.05) is 71.7 Å². The Hall–Kier alpha value is -0.520. The van der Waals surface area contributed by atoms with Crippen LogP contribution in [0.5, 0.6) is 0 Å². The van der Waals surface area contributed by atoms with Gasteiger partial charge >= 0.3 is 0 Å². The van der Waals surface area contributed by atoms with Crippen molar-refractivity contribution in [2.75, 3.05) is 125 Å². The summed E-state index contributed by atoms with van der Waals surface area (Å²) in [5.41, 5.74) is 5.37. The van der Waals surface area contributed by atoms with E-state index in [2.05, 4.69) is 36.0 Å². The van der Waals surface area contributed by atoms with Crippen LogP contribution in [0.4, 0.5) is 0 Å². The van der Waals surface area contributed by atoms with Gasteiger partial charge in [0.1, 0.15) is 0 Å². The van der Waals surface area contributed by atoms with Crippen molar-refractivity contribution in [2.45, 2.75) is 102 Å². The predicted octanol–water partition coefficient (Wildman–Crippen LogP) is -0.435. The molecule has 6 fully saturated rings. The second kappa shape index (κ2) is 30.9. The fourth-order valence-corrected chi connectivity index (χ4v) is 7.76. The minimum absolute atomic E-state index is 0.0752. The van der Waals surface area contributed by atoms with E-state index in [0.29, 0.717) is 31.3 Å². The van der Waals surface area contributed by atoms with Crippen LogP contribution >= 0.6 is 0 Å². The smallest absolute Gasteiger partial charge is 0.0754 e. The Bertz CT molecular complexity index is 708. The molecule has 6 aliphatic rings. The number of nitrogens with two attached hydrogens (primary N) is 1. The largest absolute Gasteiger partial charge is 0.396 e. The number of nitrogens with one attached hydrogen (secondary N) is 4. The number of aliphatic hydroxyl groups excluding tert-OH is 5. The van der Waals surface area contributed by atoms with Gasteiger partial charge in [-0.25, -0.2) is 0 Å². The Morgan fingerprint density at radius 1 is 0.560 bits per heavy atom. The van der Waals surface area contributed by atoms with Gasteiger partial charge in [-0.3, -0.25) is 9.80 Å². The highest BCUT2D eigenvalue weighted by Crippen LogP contribution is 2.24. The minimum Gasteiger partial charge on any atom is -0.396 e. The van der Waals surface area contributed by atoms with Crippen LogP contribution in [0.15, 0.2) is 0 Å². The van der Waals surface area contributed by atoms with Crippen molar-refractivity contribution >= 4 is 0 Å². The molecule has 0 radical (unpaired) electrons. The van der Waals surface area contributed by atoms with Crippen LogP contribution in [0.2, 0.25) is 0 Å². The molecule has 0 saturated carbocycles. The maximum Gasteiger partial charge on any atom is 0.0754 e. The van der Waals surface area contributed by atoms with E-state index in [0.717, 1.165) is 130 Å². The lowest BCUT2D eigenvalue weighted by atomic mass is 9.95. The van der Waals surface area contributed by atoms with Crippen LogP contribution in [-0.2, 0) is 0 Å². The summed E-state index contributed by atoms with van der Waals surface area (Å²) in [5.74, 6) is 1.37. The summed E-state index contributed by atoms with van der Waals surface area (Å²) >= 11 is 0. The molecular formula is C37H80N8O5. The number of aliphatic hydroxyl groups is 5. The van der Waals surface area contributed by atoms with Crippen molar-refractivity contribution in [3.05, 3.63) is 0 Å². The molecule has 0 amide bonds. The van der Waals surface area contributed by atoms with Gasteiger partial charge < -0.3 is 57.4 Å². The zero-order valence-electron chi connectivity index (χ0n) is 31.7. The third-order valence-corrected chi connectivity index (χ3v) is 10.9. The van der Waals surface area contributed by atoms with Crippen molar-refractivity contribution in [3.8, 4) is 0 Å². The number of rotatable bonds is 10. The monoisotopic (exact) mass is 717 g/mol. The van der Waals surface area contributed by atoms with Gasteiger partial charge in [0.15, 0.2) is 0 Å². The molecule has 0 aromatic heterocycles. The van der Waals surface area contributed by atoms with E-state index in [4.69, 9.17) is 21.1 Å². The van der Waals surface area contributed by atoms with E-state index in [9.17, 15) is 10.2 Å². The SMILES string of the molecule is NCCN1CCCC1.OC1CCCNC1.OCC1CCNCC1.OCCC1CCCCN1C1CNCCN1CCO.OCCC1CCNCC1. The molecule has 0 aromatic rings. The van der Waals surface area contributed by atoms with Gasteiger partial charge in [-0.2, -0.15) is 0 Å². The number of piperidine rings is 4. The third kappa shape index (κ3) is 20.6. The number of β-amino-alcohol motifs (C(OH)–C–C–N with tert-alkyl or cyclic N) is 2. The zero-order chi connectivity index (χ0) is 36.1. The van der Waals surface area contributed by atoms with E-state index in [-0.39, 0.29) is 19.3 Å². The summed E-state index contributed by atoms with van der Waals surface area (Å²) in [6.07, 6.45) is 15.6. The summed E-state index contributed by atoms with van der Waals surface area (Å²) in [6.45, 7) is 16.9. The molecule has 13 nitrogen and oxygen atoms in total. The fraction of sp³-hybridized carbons (Fsp3) is 1.00. The summed E-state index contributed by atoms with van der Waals surface area (Å²) in [5, 5.41) is 57.6. The normalized spacial score (nSPS) is 27.4. The topological polar surface area (TPSA) is 185 Å². The van der Waals surface area contributed by atoms with Gasteiger partial charge in [0.05, 0.1) is 18.9 Å². The summed E-state index contributed by atoms with van der Waals surface area (Å²) in [7, 11) is 0. The lowest BCUT2D eigenvalue weighted by Gasteiger charge is -2.48. The molecule has 3 atom stereocenters. The van der Waals surface area contributed by atoms with Gasteiger partial charge in [0.25, 0.3) is 0 Å². The van der Waals surface area contributed by atoms with E-state index in [1.807, 2.05) is 0 Å². The molecule has 6 rings (SSSR count). The Morgan fingerprint density at radius 2 is 1.20 bits per heavy atom. The molecule has 11 N–H and O–H groups in total. The number of nitrogens with zero attached hydrogens (tertiary/aromatic N) is 3. The molecule has 0 aliphatic carbocycles.